The van der Waals surface area contributed by atoms with Crippen molar-refractivity contribution in [1.29, 1.82) is 0 Å². The fraction of sp³-hybridized carbons (Fsp3) is 0.368. The summed E-state index contributed by atoms with van der Waals surface area (Å²) in [6, 6.07) is 0. The zero-order chi connectivity index (χ0) is 19.9. The fourth-order valence-electron chi connectivity index (χ4n) is 2.08. The molecule has 0 aromatic heterocycles. The number of rotatable bonds is 15. The Morgan fingerprint density at radius 3 is 1.88 bits per heavy atom. The van der Waals surface area contributed by atoms with E-state index in [0.29, 0.717) is 45.0 Å². The summed E-state index contributed by atoms with van der Waals surface area (Å²) in [7, 11) is 0. The highest BCUT2D eigenvalue weighted by Crippen LogP contribution is 2.04. The summed E-state index contributed by atoms with van der Waals surface area (Å²) in [5, 5.41) is 15.5. The van der Waals surface area contributed by atoms with E-state index in [1.165, 1.54) is 18.2 Å². The summed E-state index contributed by atoms with van der Waals surface area (Å²) in [5.74, 6) is -0.506. The minimum Gasteiger partial charge on any atom is -0.375 e. The summed E-state index contributed by atoms with van der Waals surface area (Å²) >= 11 is 0. The number of hydrogen-bond donors (Lipinski definition) is 3. The number of hydrogen-bond acceptors (Lipinski definition) is 5. The molecule has 0 aliphatic heterocycles. The van der Waals surface area contributed by atoms with Gasteiger partial charge in [0.2, 0.25) is 11.8 Å². The van der Waals surface area contributed by atoms with Gasteiger partial charge in [-0.1, -0.05) is 32.9 Å². The largest absolute Gasteiger partial charge is 0.375 e. The summed E-state index contributed by atoms with van der Waals surface area (Å²) in [5.41, 5.74) is 0.714. The SMILES string of the molecule is C=CC(=C)N(CCNC(=O)C=C)CCN(CCNC(=O)C=C)C(O)C=C. The molecule has 2 amide bonds. The van der Waals surface area contributed by atoms with Crippen molar-refractivity contribution in [3.63, 3.8) is 0 Å². The van der Waals surface area contributed by atoms with Crippen molar-refractivity contribution in [2.75, 3.05) is 39.3 Å². The van der Waals surface area contributed by atoms with Gasteiger partial charge in [0.25, 0.3) is 0 Å². The van der Waals surface area contributed by atoms with Crippen LogP contribution in [-0.4, -0.2) is 72.2 Å². The van der Waals surface area contributed by atoms with E-state index in [9.17, 15) is 14.7 Å². The maximum Gasteiger partial charge on any atom is 0.243 e. The van der Waals surface area contributed by atoms with Crippen LogP contribution in [0.15, 0.2) is 62.9 Å². The quantitative estimate of drug-likeness (QED) is 0.170. The molecule has 0 heterocycles. The molecule has 0 aliphatic rings. The van der Waals surface area contributed by atoms with Crippen LogP contribution in [0, 0.1) is 0 Å². The first-order chi connectivity index (χ1) is 12.4. The normalized spacial score (nSPS) is 11.2. The average molecular weight is 362 g/mol. The molecule has 0 rings (SSSR count). The third kappa shape index (κ3) is 9.61. The number of aliphatic hydroxyl groups is 1. The van der Waals surface area contributed by atoms with E-state index < -0.39 is 6.23 Å². The molecule has 0 bridgehead atoms. The summed E-state index contributed by atoms with van der Waals surface area (Å²) in [6.45, 7) is 20.9. The first-order valence-electron chi connectivity index (χ1n) is 8.31. The Labute approximate surface area is 156 Å². The van der Waals surface area contributed by atoms with E-state index in [1.807, 2.05) is 4.90 Å². The number of nitrogens with one attached hydrogen (secondary N) is 2. The molecular formula is C19H30N4O3. The smallest absolute Gasteiger partial charge is 0.243 e. The van der Waals surface area contributed by atoms with E-state index in [1.54, 1.807) is 11.0 Å². The highest BCUT2D eigenvalue weighted by Gasteiger charge is 2.15. The van der Waals surface area contributed by atoms with E-state index in [0.717, 1.165) is 0 Å². The van der Waals surface area contributed by atoms with Gasteiger partial charge in [-0.2, -0.15) is 0 Å². The molecule has 0 aromatic carbocycles. The van der Waals surface area contributed by atoms with Crippen molar-refractivity contribution in [3.05, 3.63) is 62.9 Å². The number of amides is 2. The maximum atomic E-state index is 11.2. The number of aliphatic hydroxyl groups excluding tert-OH is 1. The van der Waals surface area contributed by atoms with Gasteiger partial charge in [0.1, 0.15) is 6.23 Å². The molecule has 7 heteroatoms. The number of nitrogens with zero attached hydrogens (tertiary/aromatic N) is 2. The van der Waals surface area contributed by atoms with E-state index in [4.69, 9.17) is 0 Å². The van der Waals surface area contributed by atoms with Gasteiger partial charge in [-0.25, -0.2) is 0 Å². The van der Waals surface area contributed by atoms with Crippen LogP contribution in [-0.2, 0) is 9.59 Å². The summed E-state index contributed by atoms with van der Waals surface area (Å²) < 4.78 is 0. The monoisotopic (exact) mass is 362 g/mol. The zero-order valence-corrected chi connectivity index (χ0v) is 15.3. The third-order valence-electron chi connectivity index (χ3n) is 3.63. The minimum absolute atomic E-state index is 0.240. The van der Waals surface area contributed by atoms with Crippen molar-refractivity contribution in [2.45, 2.75) is 6.23 Å². The molecule has 0 aliphatic carbocycles. The van der Waals surface area contributed by atoms with Crippen molar-refractivity contribution in [2.24, 2.45) is 0 Å². The first-order valence-corrected chi connectivity index (χ1v) is 8.31. The van der Waals surface area contributed by atoms with Gasteiger partial charge in [-0.15, -0.1) is 0 Å². The Balaban J connectivity index is 4.68. The predicted octanol–water partition coefficient (Wildman–Crippen LogP) is 0.399. The molecule has 0 radical (unpaired) electrons. The van der Waals surface area contributed by atoms with Gasteiger partial charge in [-0.3, -0.25) is 14.5 Å². The lowest BCUT2D eigenvalue weighted by Gasteiger charge is -2.31. The Bertz CT molecular complexity index is 531. The molecule has 0 spiro atoms. The van der Waals surface area contributed by atoms with Crippen molar-refractivity contribution >= 4 is 11.8 Å². The van der Waals surface area contributed by atoms with Gasteiger partial charge in [0.15, 0.2) is 0 Å². The summed E-state index contributed by atoms with van der Waals surface area (Å²) in [4.78, 5) is 26.2. The Morgan fingerprint density at radius 1 is 0.885 bits per heavy atom. The van der Waals surface area contributed by atoms with Gasteiger partial charge >= 0.3 is 0 Å². The van der Waals surface area contributed by atoms with Crippen LogP contribution in [0.5, 0.6) is 0 Å². The molecule has 1 unspecified atom stereocenters. The highest BCUT2D eigenvalue weighted by atomic mass is 16.3. The number of carbonyl (C=O) groups is 2. The Kier molecular flexibility index (Phi) is 12.2. The zero-order valence-electron chi connectivity index (χ0n) is 15.3. The Morgan fingerprint density at radius 2 is 1.42 bits per heavy atom. The molecule has 3 N–H and O–H groups in total. The second-order valence-corrected chi connectivity index (χ2v) is 5.36. The average Bonchev–Trinajstić information content (AvgIpc) is 2.66. The lowest BCUT2D eigenvalue weighted by atomic mass is 10.3. The summed E-state index contributed by atoms with van der Waals surface area (Å²) in [6.07, 6.45) is 4.63. The minimum atomic E-state index is -0.838. The standard InChI is InChI=1S/C19H30N4O3/c1-6-16(5)22(12-10-20-17(24)7-2)14-15-23(19(26)9-4)13-11-21-18(25)8-3/h6-9,19,26H,1-5,10-15H2,(H,20,24)(H,21,25). The lowest BCUT2D eigenvalue weighted by molar-refractivity contribution is -0.117. The molecular weight excluding hydrogens is 332 g/mol. The topological polar surface area (TPSA) is 84.9 Å². The Hall–Kier alpha value is -2.64. The van der Waals surface area contributed by atoms with Crippen LogP contribution in [0.25, 0.3) is 0 Å². The molecule has 0 saturated carbocycles. The van der Waals surface area contributed by atoms with Crippen molar-refractivity contribution in [1.82, 2.24) is 20.4 Å². The van der Waals surface area contributed by atoms with Crippen LogP contribution in [0.2, 0.25) is 0 Å². The molecule has 144 valence electrons. The molecule has 0 aromatic rings. The molecule has 7 nitrogen and oxygen atoms in total. The van der Waals surface area contributed by atoms with Crippen LogP contribution in [0.4, 0.5) is 0 Å². The van der Waals surface area contributed by atoms with Gasteiger partial charge in [-0.05, 0) is 24.3 Å². The second kappa shape index (κ2) is 13.6. The van der Waals surface area contributed by atoms with Crippen molar-refractivity contribution in [3.8, 4) is 0 Å². The van der Waals surface area contributed by atoms with Gasteiger partial charge < -0.3 is 20.6 Å². The molecule has 26 heavy (non-hydrogen) atoms. The highest BCUT2D eigenvalue weighted by molar-refractivity contribution is 5.87. The molecule has 0 saturated heterocycles. The van der Waals surface area contributed by atoms with Crippen LogP contribution in [0.3, 0.4) is 0 Å². The number of carbonyl (C=O) groups excluding carboxylic acids is 2. The fourth-order valence-corrected chi connectivity index (χ4v) is 2.08. The van der Waals surface area contributed by atoms with Crippen LogP contribution >= 0.6 is 0 Å². The van der Waals surface area contributed by atoms with Gasteiger partial charge in [0.05, 0.1) is 0 Å². The third-order valence-corrected chi connectivity index (χ3v) is 3.63. The first kappa shape index (κ1) is 23.4. The number of allylic oxidation sites excluding steroid dienone is 1. The van der Waals surface area contributed by atoms with Crippen LogP contribution in [0.1, 0.15) is 0 Å². The van der Waals surface area contributed by atoms with E-state index in [2.05, 4.69) is 43.5 Å². The van der Waals surface area contributed by atoms with Crippen LogP contribution < -0.4 is 10.6 Å². The second-order valence-electron chi connectivity index (χ2n) is 5.36. The predicted molar refractivity (Wildman–Crippen MR) is 105 cm³/mol. The van der Waals surface area contributed by atoms with Crippen molar-refractivity contribution < 1.29 is 14.7 Å². The maximum absolute atomic E-state index is 11.2. The molecule has 0 fully saturated rings. The molecule has 1 atom stereocenters. The lowest BCUT2D eigenvalue weighted by Crippen LogP contribution is -2.44. The van der Waals surface area contributed by atoms with Gasteiger partial charge in [0, 0.05) is 45.0 Å². The van der Waals surface area contributed by atoms with E-state index >= 15 is 0 Å². The van der Waals surface area contributed by atoms with E-state index in [-0.39, 0.29) is 11.8 Å².